The first kappa shape index (κ1) is 19.3. The van der Waals surface area contributed by atoms with Crippen LogP contribution >= 0.6 is 0 Å². The van der Waals surface area contributed by atoms with E-state index in [2.05, 4.69) is 29.6 Å². The van der Waals surface area contributed by atoms with Crippen molar-refractivity contribution in [2.75, 3.05) is 25.6 Å². The number of benzene rings is 1. The largest absolute Gasteiger partial charge is 0.469 e. The van der Waals surface area contributed by atoms with E-state index in [1.54, 1.807) is 0 Å². The van der Waals surface area contributed by atoms with Crippen LogP contribution in [0.15, 0.2) is 24.3 Å². The van der Waals surface area contributed by atoms with Crippen molar-refractivity contribution in [3.05, 3.63) is 29.8 Å². The van der Waals surface area contributed by atoms with E-state index < -0.39 is 0 Å². The van der Waals surface area contributed by atoms with Crippen molar-refractivity contribution >= 4 is 17.6 Å². The van der Waals surface area contributed by atoms with Crippen LogP contribution in [0.1, 0.15) is 56.9 Å². The van der Waals surface area contributed by atoms with Gasteiger partial charge in [0.05, 0.1) is 20.1 Å². The van der Waals surface area contributed by atoms with Gasteiger partial charge in [-0.05, 0) is 62.1 Å². The molecule has 1 saturated carbocycles. The second kappa shape index (κ2) is 10.1. The molecule has 1 aliphatic rings. The van der Waals surface area contributed by atoms with Gasteiger partial charge in [-0.2, -0.15) is 0 Å². The summed E-state index contributed by atoms with van der Waals surface area (Å²) in [6, 6.07) is 8.47. The summed E-state index contributed by atoms with van der Waals surface area (Å²) in [5.41, 5.74) is 2.37. The predicted molar refractivity (Wildman–Crippen MR) is 97.5 cm³/mol. The third kappa shape index (κ3) is 6.40. The van der Waals surface area contributed by atoms with Crippen molar-refractivity contribution in [3.8, 4) is 0 Å². The first-order valence-electron chi connectivity index (χ1n) is 9.18. The van der Waals surface area contributed by atoms with E-state index in [9.17, 15) is 9.59 Å². The lowest BCUT2D eigenvalue weighted by Gasteiger charge is -2.28. The SMILES string of the molecule is CCOC(=O)CCNc1ccc(C2CCC(CC(=O)OC)CC2)cc1. The summed E-state index contributed by atoms with van der Waals surface area (Å²) in [6.45, 7) is 2.82. The average Bonchev–Trinajstić information content (AvgIpc) is 2.63. The molecule has 0 unspecified atom stereocenters. The molecule has 1 fully saturated rings. The molecule has 1 aliphatic carbocycles. The molecule has 0 spiro atoms. The fourth-order valence-corrected chi connectivity index (χ4v) is 3.43. The van der Waals surface area contributed by atoms with E-state index >= 15 is 0 Å². The van der Waals surface area contributed by atoms with Crippen molar-refractivity contribution in [2.45, 2.75) is 51.4 Å². The first-order valence-corrected chi connectivity index (χ1v) is 9.18. The maximum Gasteiger partial charge on any atom is 0.307 e. The number of carbonyl (C=O) groups excluding carboxylic acids is 2. The Morgan fingerprint density at radius 1 is 1.08 bits per heavy atom. The summed E-state index contributed by atoms with van der Waals surface area (Å²) in [6.07, 6.45) is 5.33. The van der Waals surface area contributed by atoms with Crippen LogP contribution in [0.25, 0.3) is 0 Å². The number of esters is 2. The number of methoxy groups -OCH3 is 1. The number of anilines is 1. The number of carbonyl (C=O) groups is 2. The van der Waals surface area contributed by atoms with Gasteiger partial charge in [-0.1, -0.05) is 12.1 Å². The molecule has 0 saturated heterocycles. The average molecular weight is 347 g/mol. The molecule has 0 aromatic heterocycles. The monoisotopic (exact) mass is 347 g/mol. The Hall–Kier alpha value is -2.04. The third-order valence-electron chi connectivity index (χ3n) is 4.88. The van der Waals surface area contributed by atoms with Gasteiger partial charge in [0, 0.05) is 18.7 Å². The van der Waals surface area contributed by atoms with Crippen molar-refractivity contribution in [2.24, 2.45) is 5.92 Å². The van der Waals surface area contributed by atoms with Gasteiger partial charge < -0.3 is 14.8 Å². The van der Waals surface area contributed by atoms with Gasteiger partial charge in [0.25, 0.3) is 0 Å². The first-order chi connectivity index (χ1) is 12.1. The number of hydrogen-bond acceptors (Lipinski definition) is 5. The molecule has 2 rings (SSSR count). The maximum absolute atomic E-state index is 11.4. The number of hydrogen-bond donors (Lipinski definition) is 1. The van der Waals surface area contributed by atoms with Crippen molar-refractivity contribution < 1.29 is 19.1 Å². The molecule has 0 atom stereocenters. The van der Waals surface area contributed by atoms with Crippen LogP contribution in [-0.4, -0.2) is 32.2 Å². The molecule has 138 valence electrons. The summed E-state index contributed by atoms with van der Waals surface area (Å²) in [5, 5.41) is 3.25. The lowest BCUT2D eigenvalue weighted by atomic mass is 9.77. The van der Waals surface area contributed by atoms with Crippen molar-refractivity contribution in [1.29, 1.82) is 0 Å². The van der Waals surface area contributed by atoms with E-state index in [-0.39, 0.29) is 11.9 Å². The molecule has 0 radical (unpaired) electrons. The summed E-state index contributed by atoms with van der Waals surface area (Å²) < 4.78 is 9.67. The van der Waals surface area contributed by atoms with E-state index in [4.69, 9.17) is 9.47 Å². The summed E-state index contributed by atoms with van der Waals surface area (Å²) in [5.74, 6) is 0.770. The molecule has 1 aromatic rings. The Balaban J connectivity index is 1.75. The highest BCUT2D eigenvalue weighted by atomic mass is 16.5. The smallest absolute Gasteiger partial charge is 0.307 e. The quantitative estimate of drug-likeness (QED) is 0.723. The van der Waals surface area contributed by atoms with Crippen LogP contribution in [0.5, 0.6) is 0 Å². The minimum absolute atomic E-state index is 0.0957. The normalized spacial score (nSPS) is 19.9. The van der Waals surface area contributed by atoms with E-state index in [1.165, 1.54) is 12.7 Å². The summed E-state index contributed by atoms with van der Waals surface area (Å²) in [7, 11) is 1.45. The van der Waals surface area contributed by atoms with Gasteiger partial charge >= 0.3 is 11.9 Å². The van der Waals surface area contributed by atoms with Gasteiger partial charge in [0.15, 0.2) is 0 Å². The summed E-state index contributed by atoms with van der Waals surface area (Å²) in [4.78, 5) is 22.7. The molecule has 0 aliphatic heterocycles. The highest BCUT2D eigenvalue weighted by Crippen LogP contribution is 2.37. The zero-order valence-electron chi connectivity index (χ0n) is 15.3. The van der Waals surface area contributed by atoms with Crippen molar-refractivity contribution in [1.82, 2.24) is 0 Å². The van der Waals surface area contributed by atoms with E-state index in [1.807, 2.05) is 6.92 Å². The van der Waals surface area contributed by atoms with Gasteiger partial charge in [0.1, 0.15) is 0 Å². The van der Waals surface area contributed by atoms with E-state index in [0.717, 1.165) is 31.4 Å². The highest BCUT2D eigenvalue weighted by molar-refractivity contribution is 5.70. The fraction of sp³-hybridized carbons (Fsp3) is 0.600. The standard InChI is InChI=1S/C20H29NO4/c1-3-25-19(22)12-13-21-18-10-8-17(9-11-18)16-6-4-15(5-7-16)14-20(23)24-2/h8-11,15-16,21H,3-7,12-14H2,1-2H3. The van der Waals surface area contributed by atoms with Crippen LogP contribution in [0.3, 0.4) is 0 Å². The Labute approximate surface area is 150 Å². The highest BCUT2D eigenvalue weighted by Gasteiger charge is 2.24. The zero-order chi connectivity index (χ0) is 18.1. The molecule has 5 heteroatoms. The zero-order valence-corrected chi connectivity index (χ0v) is 15.3. The molecule has 1 N–H and O–H groups in total. The van der Waals surface area contributed by atoms with Gasteiger partial charge in [-0.25, -0.2) is 0 Å². The number of ether oxygens (including phenoxy) is 2. The molecular formula is C20H29NO4. The Morgan fingerprint density at radius 2 is 1.76 bits per heavy atom. The van der Waals surface area contributed by atoms with Gasteiger partial charge in [0.2, 0.25) is 0 Å². The van der Waals surface area contributed by atoms with Gasteiger partial charge in [-0.15, -0.1) is 0 Å². The molecular weight excluding hydrogens is 318 g/mol. The van der Waals surface area contributed by atoms with E-state index in [0.29, 0.717) is 37.8 Å². The molecule has 0 heterocycles. The minimum Gasteiger partial charge on any atom is -0.469 e. The number of rotatable bonds is 8. The topological polar surface area (TPSA) is 64.6 Å². The predicted octanol–water partition coefficient (Wildman–Crippen LogP) is 3.89. The fourth-order valence-electron chi connectivity index (χ4n) is 3.43. The molecule has 0 amide bonds. The third-order valence-corrected chi connectivity index (χ3v) is 4.88. The molecule has 5 nitrogen and oxygen atoms in total. The molecule has 0 bridgehead atoms. The Morgan fingerprint density at radius 3 is 2.36 bits per heavy atom. The minimum atomic E-state index is -0.171. The van der Waals surface area contributed by atoms with Crippen LogP contribution in [0.4, 0.5) is 5.69 Å². The molecule has 1 aromatic carbocycles. The van der Waals surface area contributed by atoms with Crippen molar-refractivity contribution in [3.63, 3.8) is 0 Å². The van der Waals surface area contributed by atoms with Crippen LogP contribution in [0, 0.1) is 5.92 Å². The van der Waals surface area contributed by atoms with Crippen LogP contribution in [-0.2, 0) is 19.1 Å². The maximum atomic E-state index is 11.4. The Bertz CT molecular complexity index is 547. The van der Waals surface area contributed by atoms with Gasteiger partial charge in [-0.3, -0.25) is 9.59 Å². The second-order valence-corrected chi connectivity index (χ2v) is 6.60. The molecule has 25 heavy (non-hydrogen) atoms. The van der Waals surface area contributed by atoms with Crippen LogP contribution in [0.2, 0.25) is 0 Å². The number of nitrogens with one attached hydrogen (secondary N) is 1. The summed E-state index contributed by atoms with van der Waals surface area (Å²) >= 11 is 0. The van der Waals surface area contributed by atoms with Crippen LogP contribution < -0.4 is 5.32 Å². The second-order valence-electron chi connectivity index (χ2n) is 6.60. The lowest BCUT2D eigenvalue weighted by Crippen LogP contribution is -2.17. The Kier molecular flexibility index (Phi) is 7.76. The lowest BCUT2D eigenvalue weighted by molar-refractivity contribution is -0.143.